The fourth-order valence-electron chi connectivity index (χ4n) is 0.859. The van der Waals surface area contributed by atoms with E-state index >= 15 is 0 Å². The molecule has 1 aliphatic heterocycles. The smallest absolute Gasteiger partial charge is 0.00391 e. The molecule has 1 fully saturated rings. The zero-order valence-corrected chi connectivity index (χ0v) is 4.78. The summed E-state index contributed by atoms with van der Waals surface area (Å²) in [4.78, 5) is 0. The maximum Gasteiger partial charge on any atom is 0.00391 e. The first kappa shape index (κ1) is 7.02. The van der Waals surface area contributed by atoms with Crippen molar-refractivity contribution in [1.29, 1.82) is 0 Å². The van der Waals surface area contributed by atoms with Gasteiger partial charge in [-0.2, -0.15) is 0 Å². The van der Waals surface area contributed by atoms with Crippen molar-refractivity contribution in [3.8, 4) is 0 Å². The summed E-state index contributed by atoms with van der Waals surface area (Å²) in [5.74, 6) is 0. The van der Waals surface area contributed by atoms with Gasteiger partial charge in [0.1, 0.15) is 0 Å². The molecule has 0 aromatic carbocycles. The Morgan fingerprint density at radius 3 is 2.43 bits per heavy atom. The maximum absolute atomic E-state index is 3.32. The largest absolute Gasteiger partial charge is 0.314 e. The fourth-order valence-corrected chi connectivity index (χ4v) is 0.859. The lowest BCUT2D eigenvalue weighted by atomic mass is 10.3. The highest BCUT2D eigenvalue weighted by atomic mass is 14.9. The minimum Gasteiger partial charge on any atom is -0.314 e. The standard InChI is InChI=1S/C5H11N.B/c1-5-3-2-4-6-5;/h5-6H,2-4H2,1H3;. The zero-order valence-electron chi connectivity index (χ0n) is 4.78. The summed E-state index contributed by atoms with van der Waals surface area (Å²) in [6.45, 7) is 3.47. The highest BCUT2D eigenvalue weighted by molar-refractivity contribution is 5.75. The van der Waals surface area contributed by atoms with Gasteiger partial charge < -0.3 is 5.32 Å². The van der Waals surface area contributed by atoms with E-state index < -0.39 is 0 Å². The molecular weight excluding hydrogens is 84.9 g/mol. The molecule has 1 aliphatic rings. The third-order valence-corrected chi connectivity index (χ3v) is 1.31. The Morgan fingerprint density at radius 2 is 2.29 bits per heavy atom. The lowest BCUT2D eigenvalue weighted by Crippen LogP contribution is -2.16. The Labute approximate surface area is 47.1 Å². The SMILES string of the molecule is CC1CCCN1.[B]. The summed E-state index contributed by atoms with van der Waals surface area (Å²) in [5, 5.41) is 3.32. The average molecular weight is 96.0 g/mol. The van der Waals surface area contributed by atoms with Crippen molar-refractivity contribution in [2.24, 2.45) is 0 Å². The fraction of sp³-hybridized carbons (Fsp3) is 1.00. The van der Waals surface area contributed by atoms with Gasteiger partial charge in [-0.25, -0.2) is 0 Å². The van der Waals surface area contributed by atoms with Crippen LogP contribution in [0.1, 0.15) is 19.8 Å². The van der Waals surface area contributed by atoms with E-state index in [-0.39, 0.29) is 8.41 Å². The Kier molecular flexibility index (Phi) is 3.09. The average Bonchev–Trinajstić information content (AvgIpc) is 1.86. The molecule has 1 nitrogen and oxygen atoms in total. The van der Waals surface area contributed by atoms with Crippen LogP contribution in [-0.4, -0.2) is 21.0 Å². The molecule has 1 heterocycles. The number of hydrogen-bond acceptors (Lipinski definition) is 1. The van der Waals surface area contributed by atoms with Crippen molar-refractivity contribution in [3.05, 3.63) is 0 Å². The summed E-state index contributed by atoms with van der Waals surface area (Å²) in [5.41, 5.74) is 0. The van der Waals surface area contributed by atoms with Crippen LogP contribution >= 0.6 is 0 Å². The van der Waals surface area contributed by atoms with Crippen LogP contribution in [-0.2, 0) is 0 Å². The van der Waals surface area contributed by atoms with Gasteiger partial charge in [-0.1, -0.05) is 0 Å². The highest BCUT2D eigenvalue weighted by Gasteiger charge is 2.05. The summed E-state index contributed by atoms with van der Waals surface area (Å²) in [7, 11) is 0. The molecule has 0 aliphatic carbocycles. The number of rotatable bonds is 0. The molecule has 0 bridgehead atoms. The molecule has 39 valence electrons. The van der Waals surface area contributed by atoms with Gasteiger partial charge in [0.25, 0.3) is 0 Å². The predicted molar refractivity (Wildman–Crippen MR) is 32.5 cm³/mol. The topological polar surface area (TPSA) is 12.0 Å². The van der Waals surface area contributed by atoms with Gasteiger partial charge in [0, 0.05) is 14.5 Å². The molecule has 1 unspecified atom stereocenters. The van der Waals surface area contributed by atoms with Crippen LogP contribution in [0.4, 0.5) is 0 Å². The lowest BCUT2D eigenvalue weighted by molar-refractivity contribution is 0.664. The molecule has 2 heteroatoms. The first-order chi connectivity index (χ1) is 2.89. The van der Waals surface area contributed by atoms with E-state index in [1.54, 1.807) is 0 Å². The Hall–Kier alpha value is 0.0249. The quantitative estimate of drug-likeness (QED) is 0.430. The summed E-state index contributed by atoms with van der Waals surface area (Å²) in [6.07, 6.45) is 2.75. The molecule has 0 aromatic heterocycles. The second-order valence-corrected chi connectivity index (χ2v) is 2.00. The third-order valence-electron chi connectivity index (χ3n) is 1.31. The second kappa shape index (κ2) is 3.08. The van der Waals surface area contributed by atoms with Crippen LogP contribution < -0.4 is 5.32 Å². The molecule has 3 radical (unpaired) electrons. The van der Waals surface area contributed by atoms with E-state index in [9.17, 15) is 0 Å². The van der Waals surface area contributed by atoms with Crippen molar-refractivity contribution in [1.82, 2.24) is 5.32 Å². The monoisotopic (exact) mass is 96.1 g/mol. The Balaban J connectivity index is 0.000000360. The van der Waals surface area contributed by atoms with Crippen LogP contribution in [0.2, 0.25) is 0 Å². The van der Waals surface area contributed by atoms with Gasteiger partial charge in [-0.15, -0.1) is 0 Å². The Bertz CT molecular complexity index is 41.3. The van der Waals surface area contributed by atoms with Crippen molar-refractivity contribution in [2.45, 2.75) is 25.8 Å². The predicted octanol–water partition coefficient (Wildman–Crippen LogP) is 0.378. The van der Waals surface area contributed by atoms with Gasteiger partial charge in [0.2, 0.25) is 0 Å². The highest BCUT2D eigenvalue weighted by Crippen LogP contribution is 2.01. The van der Waals surface area contributed by atoms with Crippen molar-refractivity contribution in [3.63, 3.8) is 0 Å². The molecule has 0 amide bonds. The van der Waals surface area contributed by atoms with Crippen LogP contribution in [0, 0.1) is 0 Å². The zero-order chi connectivity index (χ0) is 4.41. The second-order valence-electron chi connectivity index (χ2n) is 2.00. The summed E-state index contributed by atoms with van der Waals surface area (Å²) < 4.78 is 0. The maximum atomic E-state index is 3.32. The van der Waals surface area contributed by atoms with E-state index in [0.29, 0.717) is 0 Å². The van der Waals surface area contributed by atoms with E-state index in [2.05, 4.69) is 12.2 Å². The molecule has 1 N–H and O–H groups in total. The first-order valence-corrected chi connectivity index (χ1v) is 2.63. The minimum absolute atomic E-state index is 0. The van der Waals surface area contributed by atoms with Crippen LogP contribution in [0.3, 0.4) is 0 Å². The molecule has 1 atom stereocenters. The van der Waals surface area contributed by atoms with Gasteiger partial charge >= 0.3 is 0 Å². The Morgan fingerprint density at radius 1 is 1.57 bits per heavy atom. The first-order valence-electron chi connectivity index (χ1n) is 2.63. The van der Waals surface area contributed by atoms with E-state index in [0.717, 1.165) is 6.04 Å². The van der Waals surface area contributed by atoms with E-state index in [1.165, 1.54) is 19.4 Å². The molecule has 0 aromatic rings. The molecule has 7 heavy (non-hydrogen) atoms. The molecule has 1 saturated heterocycles. The van der Waals surface area contributed by atoms with Gasteiger partial charge in [0.05, 0.1) is 0 Å². The van der Waals surface area contributed by atoms with Crippen LogP contribution in [0.25, 0.3) is 0 Å². The van der Waals surface area contributed by atoms with Crippen molar-refractivity contribution >= 4 is 8.41 Å². The third kappa shape index (κ3) is 1.98. The van der Waals surface area contributed by atoms with Crippen molar-refractivity contribution < 1.29 is 0 Å². The molecule has 0 spiro atoms. The summed E-state index contributed by atoms with van der Waals surface area (Å²) in [6, 6.07) is 0.796. The van der Waals surface area contributed by atoms with Crippen LogP contribution in [0.5, 0.6) is 0 Å². The van der Waals surface area contributed by atoms with Gasteiger partial charge in [-0.3, -0.25) is 0 Å². The molecular formula is C5H11BN. The number of nitrogens with one attached hydrogen (secondary N) is 1. The number of hydrogen-bond donors (Lipinski definition) is 1. The minimum atomic E-state index is 0. The molecule has 0 saturated carbocycles. The van der Waals surface area contributed by atoms with Crippen LogP contribution in [0.15, 0.2) is 0 Å². The van der Waals surface area contributed by atoms with Gasteiger partial charge in [0.15, 0.2) is 0 Å². The summed E-state index contributed by atoms with van der Waals surface area (Å²) >= 11 is 0. The normalized spacial score (nSPS) is 29.6. The van der Waals surface area contributed by atoms with Gasteiger partial charge in [-0.05, 0) is 26.3 Å². The lowest BCUT2D eigenvalue weighted by Gasteiger charge is -1.95. The van der Waals surface area contributed by atoms with E-state index in [1.807, 2.05) is 0 Å². The van der Waals surface area contributed by atoms with Crippen molar-refractivity contribution in [2.75, 3.05) is 6.54 Å². The molecule has 1 rings (SSSR count). The van der Waals surface area contributed by atoms with E-state index in [4.69, 9.17) is 0 Å².